The van der Waals surface area contributed by atoms with Crippen molar-refractivity contribution in [3.8, 4) is 0 Å². The second-order valence-electron chi connectivity index (χ2n) is 6.97. The second kappa shape index (κ2) is 6.95. The van der Waals surface area contributed by atoms with Gasteiger partial charge in [0.25, 0.3) is 0 Å². The predicted molar refractivity (Wildman–Crippen MR) is 91.8 cm³/mol. The summed E-state index contributed by atoms with van der Waals surface area (Å²) in [5, 5.41) is 0. The van der Waals surface area contributed by atoms with Crippen molar-refractivity contribution < 1.29 is 9.53 Å². The SMILES string of the molecule is COC(=O)C(C)C(C)(C)CC(c1ccccc1)C(C)(C)Br. The number of halogens is 1. The monoisotopic (exact) mass is 354 g/mol. The summed E-state index contributed by atoms with van der Waals surface area (Å²) in [4.78, 5) is 11.9. The molecule has 21 heavy (non-hydrogen) atoms. The van der Waals surface area contributed by atoms with Gasteiger partial charge in [-0.3, -0.25) is 4.79 Å². The Hall–Kier alpha value is -0.830. The minimum Gasteiger partial charge on any atom is -0.469 e. The van der Waals surface area contributed by atoms with Gasteiger partial charge in [-0.15, -0.1) is 0 Å². The van der Waals surface area contributed by atoms with Crippen molar-refractivity contribution in [2.45, 2.75) is 51.3 Å². The lowest BCUT2D eigenvalue weighted by Gasteiger charge is -2.38. The summed E-state index contributed by atoms with van der Waals surface area (Å²) in [5.74, 6) is 0.0450. The second-order valence-corrected chi connectivity index (χ2v) is 9.01. The molecular formula is C18H27BrO2. The lowest BCUT2D eigenvalue weighted by molar-refractivity contribution is -0.149. The third-order valence-electron chi connectivity index (χ3n) is 4.49. The molecule has 3 heteroatoms. The summed E-state index contributed by atoms with van der Waals surface area (Å²) in [6.07, 6.45) is 0.908. The number of hydrogen-bond acceptors (Lipinski definition) is 2. The summed E-state index contributed by atoms with van der Waals surface area (Å²) in [6, 6.07) is 10.5. The van der Waals surface area contributed by atoms with Gasteiger partial charge in [0, 0.05) is 4.32 Å². The van der Waals surface area contributed by atoms with Gasteiger partial charge in [0.1, 0.15) is 0 Å². The van der Waals surface area contributed by atoms with Gasteiger partial charge in [-0.25, -0.2) is 0 Å². The van der Waals surface area contributed by atoms with Gasteiger partial charge in [0.05, 0.1) is 13.0 Å². The molecule has 0 bridgehead atoms. The molecule has 0 aliphatic carbocycles. The van der Waals surface area contributed by atoms with Crippen molar-refractivity contribution >= 4 is 21.9 Å². The first kappa shape index (κ1) is 18.2. The Labute approximate surface area is 137 Å². The van der Waals surface area contributed by atoms with Crippen molar-refractivity contribution in [3.63, 3.8) is 0 Å². The van der Waals surface area contributed by atoms with Crippen LogP contribution in [0.1, 0.15) is 52.5 Å². The highest BCUT2D eigenvalue weighted by Gasteiger charge is 2.39. The zero-order chi connectivity index (χ0) is 16.3. The van der Waals surface area contributed by atoms with Crippen LogP contribution in [0.4, 0.5) is 0 Å². The molecule has 1 aromatic carbocycles. The first-order valence-corrected chi connectivity index (χ1v) is 8.20. The van der Waals surface area contributed by atoms with Crippen molar-refractivity contribution in [2.75, 3.05) is 7.11 Å². The van der Waals surface area contributed by atoms with E-state index in [4.69, 9.17) is 4.74 Å². The van der Waals surface area contributed by atoms with Gasteiger partial charge in [-0.05, 0) is 37.2 Å². The molecule has 0 radical (unpaired) electrons. The van der Waals surface area contributed by atoms with Crippen LogP contribution in [-0.4, -0.2) is 17.4 Å². The van der Waals surface area contributed by atoms with Crippen molar-refractivity contribution in [2.24, 2.45) is 11.3 Å². The van der Waals surface area contributed by atoms with Gasteiger partial charge < -0.3 is 4.74 Å². The molecule has 0 amide bonds. The van der Waals surface area contributed by atoms with Crippen LogP contribution in [-0.2, 0) is 9.53 Å². The minimum absolute atomic E-state index is 0.0402. The molecule has 0 aliphatic rings. The number of methoxy groups -OCH3 is 1. The smallest absolute Gasteiger partial charge is 0.308 e. The number of ether oxygens (including phenoxy) is 1. The molecule has 2 unspecified atom stereocenters. The minimum atomic E-state index is -0.140. The molecule has 0 heterocycles. The molecule has 118 valence electrons. The molecule has 0 aliphatic heterocycles. The molecule has 1 rings (SSSR count). The maximum Gasteiger partial charge on any atom is 0.308 e. The van der Waals surface area contributed by atoms with Crippen LogP contribution in [0.5, 0.6) is 0 Å². The molecule has 0 spiro atoms. The molecule has 2 nitrogen and oxygen atoms in total. The van der Waals surface area contributed by atoms with E-state index in [0.717, 1.165) is 6.42 Å². The van der Waals surface area contributed by atoms with E-state index in [2.05, 4.69) is 67.9 Å². The summed E-state index contributed by atoms with van der Waals surface area (Å²) in [7, 11) is 1.46. The van der Waals surface area contributed by atoms with E-state index >= 15 is 0 Å². The number of benzene rings is 1. The quantitative estimate of drug-likeness (QED) is 0.520. The van der Waals surface area contributed by atoms with Gasteiger partial charge in [-0.2, -0.15) is 0 Å². The van der Waals surface area contributed by atoms with Crippen LogP contribution in [0.2, 0.25) is 0 Å². The number of carbonyl (C=O) groups is 1. The summed E-state index contributed by atoms with van der Waals surface area (Å²) < 4.78 is 4.88. The molecular weight excluding hydrogens is 328 g/mol. The zero-order valence-corrected chi connectivity index (χ0v) is 15.5. The Bertz CT molecular complexity index is 460. The highest BCUT2D eigenvalue weighted by atomic mass is 79.9. The van der Waals surface area contributed by atoms with E-state index < -0.39 is 0 Å². The summed E-state index contributed by atoms with van der Waals surface area (Å²) in [5.41, 5.74) is 1.16. The lowest BCUT2D eigenvalue weighted by Crippen LogP contribution is -2.35. The molecule has 0 saturated heterocycles. The highest BCUT2D eigenvalue weighted by molar-refractivity contribution is 9.10. The van der Waals surface area contributed by atoms with E-state index in [-0.39, 0.29) is 21.6 Å². The molecule has 0 fully saturated rings. The Morgan fingerprint density at radius 3 is 2.14 bits per heavy atom. The number of hydrogen-bond donors (Lipinski definition) is 0. The van der Waals surface area contributed by atoms with Gasteiger partial charge in [0.2, 0.25) is 0 Å². The average Bonchev–Trinajstić information content (AvgIpc) is 2.43. The van der Waals surface area contributed by atoms with E-state index in [1.165, 1.54) is 12.7 Å². The lowest BCUT2D eigenvalue weighted by atomic mass is 9.69. The van der Waals surface area contributed by atoms with E-state index in [1.807, 2.05) is 13.0 Å². The first-order chi connectivity index (χ1) is 9.59. The van der Waals surface area contributed by atoms with E-state index in [0.29, 0.717) is 5.92 Å². The number of alkyl halides is 1. The van der Waals surface area contributed by atoms with E-state index in [1.54, 1.807) is 0 Å². The topological polar surface area (TPSA) is 26.3 Å². The maximum absolute atomic E-state index is 11.9. The Kier molecular flexibility index (Phi) is 6.03. The fourth-order valence-corrected chi connectivity index (χ4v) is 3.07. The molecule has 0 N–H and O–H groups in total. The summed E-state index contributed by atoms with van der Waals surface area (Å²) in [6.45, 7) is 10.6. The van der Waals surface area contributed by atoms with Gasteiger partial charge in [0.15, 0.2) is 0 Å². The number of carbonyl (C=O) groups excluding carboxylic acids is 1. The number of rotatable bonds is 6. The van der Waals surface area contributed by atoms with Crippen molar-refractivity contribution in [1.82, 2.24) is 0 Å². The fraction of sp³-hybridized carbons (Fsp3) is 0.611. The van der Waals surface area contributed by atoms with Crippen molar-refractivity contribution in [1.29, 1.82) is 0 Å². The fourth-order valence-electron chi connectivity index (χ4n) is 2.64. The molecule has 0 aromatic heterocycles. The average molecular weight is 355 g/mol. The third kappa shape index (κ3) is 4.84. The zero-order valence-electron chi connectivity index (χ0n) is 13.9. The van der Waals surface area contributed by atoms with Gasteiger partial charge >= 0.3 is 5.97 Å². The molecule has 1 aromatic rings. The highest BCUT2D eigenvalue weighted by Crippen LogP contribution is 2.45. The van der Waals surface area contributed by atoms with Crippen LogP contribution >= 0.6 is 15.9 Å². The van der Waals surface area contributed by atoms with Crippen LogP contribution in [0.15, 0.2) is 30.3 Å². The number of esters is 1. The standard InChI is InChI=1S/C18H27BrO2/c1-13(16(20)21-6)17(2,3)12-15(18(4,5)19)14-10-8-7-9-11-14/h7-11,13,15H,12H2,1-6H3. The van der Waals surface area contributed by atoms with E-state index in [9.17, 15) is 4.79 Å². The Morgan fingerprint density at radius 2 is 1.71 bits per heavy atom. The van der Waals surface area contributed by atoms with Gasteiger partial charge in [-0.1, -0.05) is 67.0 Å². The van der Waals surface area contributed by atoms with Crippen molar-refractivity contribution in [3.05, 3.63) is 35.9 Å². The van der Waals surface area contributed by atoms with Crippen LogP contribution in [0.3, 0.4) is 0 Å². The predicted octanol–water partition coefficient (Wildman–Crippen LogP) is 5.17. The molecule has 0 saturated carbocycles. The van der Waals surface area contributed by atoms with Crippen LogP contribution in [0, 0.1) is 11.3 Å². The van der Waals surface area contributed by atoms with Crippen LogP contribution in [0.25, 0.3) is 0 Å². The largest absolute Gasteiger partial charge is 0.469 e. The third-order valence-corrected chi connectivity index (χ3v) is 5.04. The normalized spacial score (nSPS) is 15.4. The van der Waals surface area contributed by atoms with Crippen LogP contribution < -0.4 is 0 Å². The Balaban J connectivity index is 3.05. The Morgan fingerprint density at radius 1 is 1.19 bits per heavy atom. The molecule has 2 atom stereocenters. The maximum atomic E-state index is 11.9. The summed E-state index contributed by atoms with van der Waals surface area (Å²) >= 11 is 3.82. The first-order valence-electron chi connectivity index (χ1n) is 7.41.